The van der Waals surface area contributed by atoms with Crippen LogP contribution in [-0.4, -0.2) is 31.1 Å². The van der Waals surface area contributed by atoms with Crippen LogP contribution < -0.4 is 5.32 Å². The molecule has 2 nitrogen and oxygen atoms in total. The van der Waals surface area contributed by atoms with E-state index in [4.69, 9.17) is 0 Å². The highest BCUT2D eigenvalue weighted by Gasteiger charge is 2.04. The van der Waals surface area contributed by atoms with Crippen molar-refractivity contribution in [3.05, 3.63) is 30.1 Å². The van der Waals surface area contributed by atoms with Crippen molar-refractivity contribution in [3.8, 4) is 0 Å². The van der Waals surface area contributed by atoms with Crippen LogP contribution in [-0.2, 0) is 0 Å². The summed E-state index contributed by atoms with van der Waals surface area (Å²) in [5.74, 6) is -0.170. The molecule has 0 atom stereocenters. The van der Waals surface area contributed by atoms with Gasteiger partial charge in [0.05, 0.1) is 5.69 Å². The Hall–Kier alpha value is -1.09. The van der Waals surface area contributed by atoms with Gasteiger partial charge < -0.3 is 10.2 Å². The lowest BCUT2D eigenvalue weighted by molar-refractivity contribution is 0.275. The summed E-state index contributed by atoms with van der Waals surface area (Å²) >= 11 is 0. The molecule has 0 radical (unpaired) electrons. The van der Waals surface area contributed by atoms with Crippen LogP contribution in [0.1, 0.15) is 39.5 Å². The van der Waals surface area contributed by atoms with E-state index in [-0.39, 0.29) is 5.82 Å². The molecule has 1 N–H and O–H groups in total. The molecule has 0 saturated carbocycles. The summed E-state index contributed by atoms with van der Waals surface area (Å²) in [7, 11) is 0. The Morgan fingerprint density at radius 2 is 1.63 bits per heavy atom. The van der Waals surface area contributed by atoms with Crippen molar-refractivity contribution < 1.29 is 4.39 Å². The molecule has 0 bridgehead atoms. The first-order chi connectivity index (χ1) is 9.27. The van der Waals surface area contributed by atoms with E-state index in [1.54, 1.807) is 12.1 Å². The largest absolute Gasteiger partial charge is 0.381 e. The molecule has 108 valence electrons. The monoisotopic (exact) mass is 266 g/mol. The van der Waals surface area contributed by atoms with Crippen LogP contribution in [0.15, 0.2) is 24.3 Å². The summed E-state index contributed by atoms with van der Waals surface area (Å²) in [5, 5.41) is 3.18. The summed E-state index contributed by atoms with van der Waals surface area (Å²) in [6.07, 6.45) is 4.93. The van der Waals surface area contributed by atoms with Gasteiger partial charge in [0.15, 0.2) is 0 Å². The average molecular weight is 266 g/mol. The number of rotatable bonds is 10. The molecule has 0 aliphatic carbocycles. The Balaban J connectivity index is 2.32. The van der Waals surface area contributed by atoms with E-state index < -0.39 is 0 Å². The van der Waals surface area contributed by atoms with Gasteiger partial charge in [-0.3, -0.25) is 0 Å². The van der Waals surface area contributed by atoms with Gasteiger partial charge in [-0.25, -0.2) is 4.39 Å². The van der Waals surface area contributed by atoms with Crippen molar-refractivity contribution in [3.63, 3.8) is 0 Å². The average Bonchev–Trinajstić information content (AvgIpc) is 2.43. The van der Waals surface area contributed by atoms with Gasteiger partial charge in [0.1, 0.15) is 5.82 Å². The van der Waals surface area contributed by atoms with Gasteiger partial charge >= 0.3 is 0 Å². The van der Waals surface area contributed by atoms with E-state index in [2.05, 4.69) is 24.1 Å². The maximum Gasteiger partial charge on any atom is 0.146 e. The maximum atomic E-state index is 13.4. The predicted octanol–water partition coefficient (Wildman–Crippen LogP) is 4.14. The highest BCUT2D eigenvalue weighted by atomic mass is 19.1. The van der Waals surface area contributed by atoms with Crippen LogP contribution in [0.5, 0.6) is 0 Å². The molecule has 0 aliphatic heterocycles. The highest BCUT2D eigenvalue weighted by Crippen LogP contribution is 2.11. The highest BCUT2D eigenvalue weighted by molar-refractivity contribution is 5.44. The van der Waals surface area contributed by atoms with Crippen molar-refractivity contribution in [1.82, 2.24) is 4.90 Å². The molecule has 0 aromatic heterocycles. The number of hydrogen-bond acceptors (Lipinski definition) is 2. The van der Waals surface area contributed by atoms with Gasteiger partial charge in [0.2, 0.25) is 0 Å². The van der Waals surface area contributed by atoms with Crippen LogP contribution in [0.25, 0.3) is 0 Å². The SMILES string of the molecule is CCCCN(CCCC)CCNc1ccccc1F. The summed E-state index contributed by atoms with van der Waals surface area (Å²) in [4.78, 5) is 2.47. The third-order valence-corrected chi connectivity index (χ3v) is 3.27. The number of unbranched alkanes of at least 4 members (excludes halogenated alkanes) is 2. The Kier molecular flexibility index (Phi) is 8.23. The standard InChI is InChI=1S/C16H27FN2/c1-3-5-12-19(13-6-4-2)14-11-18-16-10-8-7-9-15(16)17/h7-10,18H,3-6,11-14H2,1-2H3. The number of anilines is 1. The second kappa shape index (κ2) is 9.79. The van der Waals surface area contributed by atoms with E-state index in [0.717, 1.165) is 26.2 Å². The first-order valence-electron chi connectivity index (χ1n) is 7.48. The predicted molar refractivity (Wildman–Crippen MR) is 81.1 cm³/mol. The number of halogens is 1. The molecule has 0 fully saturated rings. The van der Waals surface area contributed by atoms with E-state index >= 15 is 0 Å². The Labute approximate surface area is 117 Å². The number of nitrogens with one attached hydrogen (secondary N) is 1. The van der Waals surface area contributed by atoms with Crippen molar-refractivity contribution in [2.24, 2.45) is 0 Å². The zero-order valence-electron chi connectivity index (χ0n) is 12.3. The number of hydrogen-bond donors (Lipinski definition) is 1. The first kappa shape index (κ1) is 16.0. The van der Waals surface area contributed by atoms with Gasteiger partial charge in [-0.15, -0.1) is 0 Å². The smallest absolute Gasteiger partial charge is 0.146 e. The quantitative estimate of drug-likeness (QED) is 0.684. The summed E-state index contributed by atoms with van der Waals surface area (Å²) in [6.45, 7) is 8.51. The van der Waals surface area contributed by atoms with Crippen LogP contribution in [0, 0.1) is 5.82 Å². The van der Waals surface area contributed by atoms with E-state index in [0.29, 0.717) is 5.69 Å². The number of benzene rings is 1. The van der Waals surface area contributed by atoms with Gasteiger partial charge in [-0.2, -0.15) is 0 Å². The fourth-order valence-corrected chi connectivity index (χ4v) is 2.05. The third kappa shape index (κ3) is 6.58. The Morgan fingerprint density at radius 1 is 1.00 bits per heavy atom. The van der Waals surface area contributed by atoms with E-state index in [1.807, 2.05) is 6.07 Å². The second-order valence-corrected chi connectivity index (χ2v) is 4.96. The molecule has 0 unspecified atom stereocenters. The normalized spacial score (nSPS) is 10.9. The lowest BCUT2D eigenvalue weighted by Gasteiger charge is -2.22. The molecule has 19 heavy (non-hydrogen) atoms. The Morgan fingerprint density at radius 3 is 2.21 bits per heavy atom. The fourth-order valence-electron chi connectivity index (χ4n) is 2.05. The van der Waals surface area contributed by atoms with Crippen LogP contribution in [0.4, 0.5) is 10.1 Å². The van der Waals surface area contributed by atoms with Crippen LogP contribution in [0.3, 0.4) is 0 Å². The zero-order chi connectivity index (χ0) is 13.9. The van der Waals surface area contributed by atoms with Crippen molar-refractivity contribution in [1.29, 1.82) is 0 Å². The number of para-hydroxylation sites is 1. The minimum atomic E-state index is -0.170. The third-order valence-electron chi connectivity index (χ3n) is 3.27. The topological polar surface area (TPSA) is 15.3 Å². The summed E-state index contributed by atoms with van der Waals surface area (Å²) < 4.78 is 13.4. The van der Waals surface area contributed by atoms with Gasteiger partial charge in [0.25, 0.3) is 0 Å². The van der Waals surface area contributed by atoms with Crippen LogP contribution in [0.2, 0.25) is 0 Å². The molecule has 0 saturated heterocycles. The molecule has 0 heterocycles. The van der Waals surface area contributed by atoms with Crippen LogP contribution >= 0.6 is 0 Å². The van der Waals surface area contributed by atoms with Gasteiger partial charge in [0, 0.05) is 13.1 Å². The minimum Gasteiger partial charge on any atom is -0.381 e. The molecule has 0 aliphatic rings. The summed E-state index contributed by atoms with van der Waals surface area (Å²) in [5.41, 5.74) is 0.605. The minimum absolute atomic E-state index is 0.170. The molecule has 0 amide bonds. The fraction of sp³-hybridized carbons (Fsp3) is 0.625. The molecule has 1 rings (SSSR count). The molecule has 3 heteroatoms. The van der Waals surface area contributed by atoms with Crippen molar-refractivity contribution in [2.75, 3.05) is 31.5 Å². The van der Waals surface area contributed by atoms with Crippen molar-refractivity contribution >= 4 is 5.69 Å². The molecule has 1 aromatic rings. The van der Waals surface area contributed by atoms with E-state index in [1.165, 1.54) is 31.7 Å². The molecular weight excluding hydrogens is 239 g/mol. The molecular formula is C16H27FN2. The van der Waals surface area contributed by atoms with E-state index in [9.17, 15) is 4.39 Å². The molecule has 1 aromatic carbocycles. The molecule has 0 spiro atoms. The first-order valence-corrected chi connectivity index (χ1v) is 7.48. The lowest BCUT2D eigenvalue weighted by atomic mass is 10.2. The second-order valence-electron chi connectivity index (χ2n) is 4.96. The Bertz CT molecular complexity index is 333. The van der Waals surface area contributed by atoms with Crippen molar-refractivity contribution in [2.45, 2.75) is 39.5 Å². The van der Waals surface area contributed by atoms with Gasteiger partial charge in [-0.1, -0.05) is 38.8 Å². The lowest BCUT2D eigenvalue weighted by Crippen LogP contribution is -2.31. The summed E-state index contributed by atoms with van der Waals surface area (Å²) in [6, 6.07) is 6.86. The van der Waals surface area contributed by atoms with Gasteiger partial charge in [-0.05, 0) is 38.1 Å². The maximum absolute atomic E-state index is 13.4. The number of nitrogens with zero attached hydrogens (tertiary/aromatic N) is 1. The zero-order valence-corrected chi connectivity index (χ0v) is 12.3.